The lowest BCUT2D eigenvalue weighted by molar-refractivity contribution is 0.521. The van der Waals surface area contributed by atoms with E-state index in [0.29, 0.717) is 5.92 Å². The van der Waals surface area contributed by atoms with Crippen molar-refractivity contribution in [2.45, 2.75) is 33.7 Å². The summed E-state index contributed by atoms with van der Waals surface area (Å²) in [5.41, 5.74) is 10.2. The third-order valence-corrected chi connectivity index (χ3v) is 4.54. The molecule has 0 amide bonds. The fourth-order valence-corrected chi connectivity index (χ4v) is 3.37. The van der Waals surface area contributed by atoms with Crippen molar-refractivity contribution in [3.8, 4) is 10.4 Å². The Morgan fingerprint density at radius 3 is 2.39 bits per heavy atom. The molecule has 2 rings (SSSR count). The lowest BCUT2D eigenvalue weighted by Crippen LogP contribution is -2.14. The minimum Gasteiger partial charge on any atom is -0.323 e. The molecular weight excluding hydrogens is 238 g/mol. The molecular formula is C16H21NS. The van der Waals surface area contributed by atoms with Crippen molar-refractivity contribution in [1.29, 1.82) is 0 Å². The molecule has 0 radical (unpaired) electrons. The highest BCUT2D eigenvalue weighted by atomic mass is 32.1. The molecule has 1 aromatic carbocycles. The summed E-state index contributed by atoms with van der Waals surface area (Å²) in [6, 6.07) is 11.1. The van der Waals surface area contributed by atoms with Crippen LogP contribution in [0, 0.1) is 19.8 Å². The Hall–Kier alpha value is -1.12. The molecule has 18 heavy (non-hydrogen) atoms. The van der Waals surface area contributed by atoms with Crippen molar-refractivity contribution in [2.24, 2.45) is 11.7 Å². The largest absolute Gasteiger partial charge is 0.323 e. The summed E-state index contributed by atoms with van der Waals surface area (Å²) in [5, 5.41) is 0. The van der Waals surface area contributed by atoms with Gasteiger partial charge in [0, 0.05) is 15.8 Å². The average molecular weight is 259 g/mol. The molecule has 0 aliphatic rings. The van der Waals surface area contributed by atoms with Crippen LogP contribution in [-0.2, 0) is 0 Å². The van der Waals surface area contributed by atoms with Gasteiger partial charge in [0.15, 0.2) is 0 Å². The van der Waals surface area contributed by atoms with Gasteiger partial charge in [-0.3, -0.25) is 0 Å². The second-order valence-corrected chi connectivity index (χ2v) is 6.41. The van der Waals surface area contributed by atoms with Gasteiger partial charge in [0.05, 0.1) is 0 Å². The molecule has 1 atom stereocenters. The third kappa shape index (κ3) is 2.65. The van der Waals surface area contributed by atoms with Crippen LogP contribution in [0.2, 0.25) is 0 Å². The summed E-state index contributed by atoms with van der Waals surface area (Å²) in [6.07, 6.45) is 0. The Bertz CT molecular complexity index is 540. The van der Waals surface area contributed by atoms with Crippen LogP contribution in [0.5, 0.6) is 0 Å². The highest BCUT2D eigenvalue weighted by Gasteiger charge is 2.14. The van der Waals surface area contributed by atoms with Crippen LogP contribution in [-0.4, -0.2) is 0 Å². The molecule has 0 aliphatic heterocycles. The van der Waals surface area contributed by atoms with Gasteiger partial charge in [-0.2, -0.15) is 0 Å². The summed E-state index contributed by atoms with van der Waals surface area (Å²) in [5.74, 6) is 0.482. The van der Waals surface area contributed by atoms with E-state index in [1.807, 2.05) is 11.3 Å². The molecule has 96 valence electrons. The van der Waals surface area contributed by atoms with E-state index in [1.165, 1.54) is 26.4 Å². The van der Waals surface area contributed by atoms with Crippen LogP contribution >= 0.6 is 11.3 Å². The number of thiophene rings is 1. The van der Waals surface area contributed by atoms with Gasteiger partial charge in [-0.25, -0.2) is 0 Å². The summed E-state index contributed by atoms with van der Waals surface area (Å²) >= 11 is 1.82. The van der Waals surface area contributed by atoms with Crippen LogP contribution in [0.15, 0.2) is 30.3 Å². The van der Waals surface area contributed by atoms with Crippen molar-refractivity contribution < 1.29 is 0 Å². The molecule has 0 aliphatic carbocycles. The quantitative estimate of drug-likeness (QED) is 0.850. The Labute approximate surface area is 114 Å². The van der Waals surface area contributed by atoms with Gasteiger partial charge in [-0.05, 0) is 43.0 Å². The number of hydrogen-bond donors (Lipinski definition) is 1. The molecule has 2 N–H and O–H groups in total. The van der Waals surface area contributed by atoms with Gasteiger partial charge in [-0.15, -0.1) is 11.3 Å². The van der Waals surface area contributed by atoms with E-state index in [4.69, 9.17) is 5.73 Å². The molecule has 2 aromatic rings. The second-order valence-electron chi connectivity index (χ2n) is 5.29. The summed E-state index contributed by atoms with van der Waals surface area (Å²) in [4.78, 5) is 2.60. The predicted molar refractivity (Wildman–Crippen MR) is 81.0 cm³/mol. The lowest BCUT2D eigenvalue weighted by Gasteiger charge is -2.13. The maximum atomic E-state index is 6.20. The van der Waals surface area contributed by atoms with E-state index in [0.717, 1.165) is 0 Å². The number of rotatable bonds is 3. The number of benzene rings is 1. The first-order valence-electron chi connectivity index (χ1n) is 6.42. The van der Waals surface area contributed by atoms with Crippen LogP contribution in [0.4, 0.5) is 0 Å². The molecule has 1 nitrogen and oxygen atoms in total. The number of aryl methyl sites for hydroxylation is 2. The summed E-state index contributed by atoms with van der Waals surface area (Å²) in [7, 11) is 0. The zero-order valence-electron chi connectivity index (χ0n) is 11.5. The van der Waals surface area contributed by atoms with Crippen molar-refractivity contribution in [3.63, 3.8) is 0 Å². The molecule has 0 saturated heterocycles. The second kappa shape index (κ2) is 5.25. The Morgan fingerprint density at radius 1 is 1.06 bits per heavy atom. The van der Waals surface area contributed by atoms with Gasteiger partial charge in [-0.1, -0.05) is 37.6 Å². The number of nitrogens with two attached hydrogens (primary N) is 1. The van der Waals surface area contributed by atoms with Gasteiger partial charge in [0.2, 0.25) is 0 Å². The molecule has 0 saturated carbocycles. The van der Waals surface area contributed by atoms with E-state index < -0.39 is 0 Å². The SMILES string of the molecule is Cc1ccc(-c2ccc(C(N)C(C)C)s2)c(C)c1. The summed E-state index contributed by atoms with van der Waals surface area (Å²) in [6.45, 7) is 8.64. The minimum atomic E-state index is 0.148. The third-order valence-electron chi connectivity index (χ3n) is 3.32. The Kier molecular flexibility index (Phi) is 3.88. The Morgan fingerprint density at radius 2 is 1.78 bits per heavy atom. The predicted octanol–water partition coefficient (Wildman–Crippen LogP) is 4.69. The van der Waals surface area contributed by atoms with Gasteiger partial charge in [0.1, 0.15) is 0 Å². The van der Waals surface area contributed by atoms with Gasteiger partial charge in [0.25, 0.3) is 0 Å². The van der Waals surface area contributed by atoms with E-state index in [-0.39, 0.29) is 6.04 Å². The van der Waals surface area contributed by atoms with Crippen LogP contribution in [0.25, 0.3) is 10.4 Å². The van der Waals surface area contributed by atoms with Crippen LogP contribution in [0.1, 0.15) is 35.9 Å². The van der Waals surface area contributed by atoms with Crippen molar-refractivity contribution in [1.82, 2.24) is 0 Å². The molecule has 1 aromatic heterocycles. The molecule has 1 unspecified atom stereocenters. The fraction of sp³-hybridized carbons (Fsp3) is 0.375. The fourth-order valence-electron chi connectivity index (χ4n) is 2.10. The zero-order valence-corrected chi connectivity index (χ0v) is 12.3. The zero-order chi connectivity index (χ0) is 13.3. The Balaban J connectivity index is 2.35. The molecule has 0 spiro atoms. The first-order chi connectivity index (χ1) is 8.49. The van der Waals surface area contributed by atoms with E-state index in [9.17, 15) is 0 Å². The molecule has 0 fully saturated rings. The van der Waals surface area contributed by atoms with Crippen molar-refractivity contribution >= 4 is 11.3 Å². The van der Waals surface area contributed by atoms with E-state index in [1.54, 1.807) is 0 Å². The minimum absolute atomic E-state index is 0.148. The van der Waals surface area contributed by atoms with Crippen molar-refractivity contribution in [2.75, 3.05) is 0 Å². The first kappa shape index (κ1) is 13.3. The number of hydrogen-bond acceptors (Lipinski definition) is 2. The maximum Gasteiger partial charge on any atom is 0.0413 e. The standard InChI is InChI=1S/C16H21NS/c1-10(2)16(17)15-8-7-14(18-15)13-6-5-11(3)9-12(13)4/h5-10,16H,17H2,1-4H3. The highest BCUT2D eigenvalue weighted by molar-refractivity contribution is 7.15. The van der Waals surface area contributed by atoms with E-state index in [2.05, 4.69) is 58.0 Å². The monoisotopic (exact) mass is 259 g/mol. The van der Waals surface area contributed by atoms with Crippen LogP contribution in [0.3, 0.4) is 0 Å². The van der Waals surface area contributed by atoms with Gasteiger partial charge < -0.3 is 5.73 Å². The lowest BCUT2D eigenvalue weighted by atomic mass is 10.0. The molecule has 2 heteroatoms. The smallest absolute Gasteiger partial charge is 0.0413 e. The summed E-state index contributed by atoms with van der Waals surface area (Å²) < 4.78 is 0. The average Bonchev–Trinajstić information content (AvgIpc) is 2.77. The normalized spacial score (nSPS) is 13.0. The van der Waals surface area contributed by atoms with E-state index >= 15 is 0 Å². The first-order valence-corrected chi connectivity index (χ1v) is 7.23. The maximum absolute atomic E-state index is 6.20. The molecule has 1 heterocycles. The highest BCUT2D eigenvalue weighted by Crippen LogP contribution is 2.34. The van der Waals surface area contributed by atoms with Gasteiger partial charge >= 0.3 is 0 Å². The van der Waals surface area contributed by atoms with Crippen molar-refractivity contribution in [3.05, 3.63) is 46.3 Å². The topological polar surface area (TPSA) is 26.0 Å². The molecule has 0 bridgehead atoms. The van der Waals surface area contributed by atoms with Crippen LogP contribution < -0.4 is 5.73 Å².